The first-order valence-corrected chi connectivity index (χ1v) is 11.9. The van der Waals surface area contributed by atoms with E-state index in [1.165, 1.54) is 12.1 Å². The third-order valence-electron chi connectivity index (χ3n) is 4.49. The zero-order chi connectivity index (χ0) is 21.4. The van der Waals surface area contributed by atoms with E-state index < -0.39 is 22.0 Å². The van der Waals surface area contributed by atoms with Crippen LogP contribution in [0.1, 0.15) is 37.3 Å². The van der Waals surface area contributed by atoms with E-state index in [-0.39, 0.29) is 22.6 Å². The van der Waals surface area contributed by atoms with Gasteiger partial charge in [-0.2, -0.15) is 8.78 Å². The second kappa shape index (κ2) is 11.0. The lowest BCUT2D eigenvalue weighted by Gasteiger charge is -2.20. The Balaban J connectivity index is 2.27. The minimum absolute atomic E-state index is 0.169. The van der Waals surface area contributed by atoms with Gasteiger partial charge in [-0.1, -0.05) is 59.1 Å². The van der Waals surface area contributed by atoms with Crippen LogP contribution in [0.15, 0.2) is 64.0 Å². The monoisotopic (exact) mass is 486 g/mol. The summed E-state index contributed by atoms with van der Waals surface area (Å²) in [4.78, 5) is 0.169. The number of unbranched alkanes of at least 4 members (excludes halogenated alkanes) is 1. The van der Waals surface area contributed by atoms with Gasteiger partial charge >= 0.3 is 0 Å². The van der Waals surface area contributed by atoms with Gasteiger partial charge in [-0.05, 0) is 43.2 Å². The molecular formula is C22H25BrF2O3S. The third kappa shape index (κ3) is 7.32. The Morgan fingerprint density at radius 3 is 2.24 bits per heavy atom. The van der Waals surface area contributed by atoms with Crippen LogP contribution in [-0.2, 0) is 14.6 Å². The Hall–Kier alpha value is -1.57. The van der Waals surface area contributed by atoms with E-state index in [2.05, 4.69) is 15.9 Å². The van der Waals surface area contributed by atoms with Crippen LogP contribution in [0.2, 0.25) is 0 Å². The van der Waals surface area contributed by atoms with Crippen molar-refractivity contribution in [3.63, 3.8) is 0 Å². The predicted octanol–water partition coefficient (Wildman–Crippen LogP) is 6.41. The van der Waals surface area contributed by atoms with Gasteiger partial charge in [0.05, 0.1) is 16.8 Å². The van der Waals surface area contributed by atoms with Gasteiger partial charge < -0.3 is 4.74 Å². The number of hydrogen-bond donors (Lipinski definition) is 0. The maximum absolute atomic E-state index is 13.7. The van der Waals surface area contributed by atoms with Crippen LogP contribution in [0.25, 0.3) is 5.57 Å². The molecule has 0 radical (unpaired) electrons. The highest BCUT2D eigenvalue weighted by Gasteiger charge is 2.25. The molecule has 0 saturated heterocycles. The average Bonchev–Trinajstić information content (AvgIpc) is 2.67. The van der Waals surface area contributed by atoms with E-state index in [4.69, 9.17) is 4.74 Å². The first-order chi connectivity index (χ1) is 13.7. The van der Waals surface area contributed by atoms with Gasteiger partial charge in [0.2, 0.25) is 0 Å². The van der Waals surface area contributed by atoms with Crippen LogP contribution in [0, 0.1) is 6.92 Å². The molecule has 0 fully saturated rings. The second-order valence-electron chi connectivity index (χ2n) is 6.89. The molecule has 0 aliphatic carbocycles. The summed E-state index contributed by atoms with van der Waals surface area (Å²) in [6.45, 7) is 4.17. The van der Waals surface area contributed by atoms with Crippen molar-refractivity contribution in [3.8, 4) is 0 Å². The standard InChI is InChI=1S/C22H25BrF2O3S/c1-3-4-13-28-19(15-29(26,27)20-11-5-16(2)6-12-20)14-21(22(24)25)17-7-9-18(23)10-8-17/h5-12,19H,3-4,13-15H2,1-2H3. The summed E-state index contributed by atoms with van der Waals surface area (Å²) < 4.78 is 59.6. The lowest BCUT2D eigenvalue weighted by Crippen LogP contribution is -2.25. The molecule has 158 valence electrons. The SMILES string of the molecule is CCCCOC(CC(=C(F)F)c1ccc(Br)cc1)CS(=O)(=O)c1ccc(C)cc1. The average molecular weight is 487 g/mol. The normalized spacial score (nSPS) is 12.6. The first-order valence-electron chi connectivity index (χ1n) is 9.44. The van der Waals surface area contributed by atoms with Gasteiger partial charge in [0.25, 0.3) is 6.08 Å². The quantitative estimate of drug-likeness (QED) is 0.364. The van der Waals surface area contributed by atoms with E-state index in [9.17, 15) is 17.2 Å². The maximum atomic E-state index is 13.7. The first kappa shape index (κ1) is 23.7. The molecule has 3 nitrogen and oxygen atoms in total. The smallest absolute Gasteiger partial charge is 0.274 e. The molecule has 7 heteroatoms. The van der Waals surface area contributed by atoms with E-state index in [0.717, 1.165) is 22.9 Å². The van der Waals surface area contributed by atoms with Crippen molar-refractivity contribution in [2.24, 2.45) is 0 Å². The van der Waals surface area contributed by atoms with Crippen molar-refractivity contribution in [1.82, 2.24) is 0 Å². The fourth-order valence-electron chi connectivity index (χ4n) is 2.83. The Morgan fingerprint density at radius 2 is 1.69 bits per heavy atom. The molecule has 0 aliphatic heterocycles. The summed E-state index contributed by atoms with van der Waals surface area (Å²) in [5.74, 6) is -0.354. The van der Waals surface area contributed by atoms with Gasteiger partial charge in [-0.25, -0.2) is 8.42 Å². The lowest BCUT2D eigenvalue weighted by molar-refractivity contribution is 0.0691. The zero-order valence-corrected chi connectivity index (χ0v) is 18.9. The van der Waals surface area contributed by atoms with Gasteiger partial charge in [0.1, 0.15) is 0 Å². The fraction of sp³-hybridized carbons (Fsp3) is 0.364. The number of halogens is 3. The lowest BCUT2D eigenvalue weighted by atomic mass is 10.0. The van der Waals surface area contributed by atoms with Crippen molar-refractivity contribution < 1.29 is 21.9 Å². The van der Waals surface area contributed by atoms with Crippen LogP contribution < -0.4 is 0 Å². The summed E-state index contributed by atoms with van der Waals surface area (Å²) in [7, 11) is -3.67. The van der Waals surface area contributed by atoms with Crippen LogP contribution >= 0.6 is 15.9 Å². The van der Waals surface area contributed by atoms with E-state index in [0.29, 0.717) is 12.2 Å². The molecule has 0 saturated carbocycles. The highest BCUT2D eigenvalue weighted by molar-refractivity contribution is 9.10. The highest BCUT2D eigenvalue weighted by Crippen LogP contribution is 2.29. The second-order valence-corrected chi connectivity index (χ2v) is 9.84. The molecule has 2 aromatic carbocycles. The number of rotatable bonds is 10. The van der Waals surface area contributed by atoms with Crippen LogP contribution in [0.3, 0.4) is 0 Å². The molecule has 0 aliphatic rings. The molecule has 0 N–H and O–H groups in total. The van der Waals surface area contributed by atoms with Gasteiger partial charge in [-0.3, -0.25) is 0 Å². The molecule has 2 rings (SSSR count). The number of sulfone groups is 1. The van der Waals surface area contributed by atoms with Crippen LogP contribution in [0.4, 0.5) is 8.78 Å². The minimum Gasteiger partial charge on any atom is -0.377 e. The minimum atomic E-state index is -3.67. The topological polar surface area (TPSA) is 43.4 Å². The van der Waals surface area contributed by atoms with Gasteiger partial charge in [0, 0.05) is 23.1 Å². The molecule has 0 bridgehead atoms. The number of benzene rings is 2. The zero-order valence-electron chi connectivity index (χ0n) is 16.5. The van der Waals surface area contributed by atoms with Crippen molar-refractivity contribution in [1.29, 1.82) is 0 Å². The summed E-state index contributed by atoms with van der Waals surface area (Å²) in [6.07, 6.45) is -1.28. The van der Waals surface area contributed by atoms with Crippen molar-refractivity contribution in [2.75, 3.05) is 12.4 Å². The summed E-state index contributed by atoms with van der Waals surface area (Å²) >= 11 is 3.29. The van der Waals surface area contributed by atoms with Gasteiger partial charge in [-0.15, -0.1) is 0 Å². The number of ether oxygens (including phenoxy) is 1. The molecule has 0 heterocycles. The molecule has 29 heavy (non-hydrogen) atoms. The molecule has 0 amide bonds. The van der Waals surface area contributed by atoms with Crippen molar-refractivity contribution in [3.05, 3.63) is 70.2 Å². The van der Waals surface area contributed by atoms with Crippen molar-refractivity contribution >= 4 is 31.3 Å². The summed E-state index contributed by atoms with van der Waals surface area (Å²) in [6, 6.07) is 13.0. The molecule has 2 aromatic rings. The highest BCUT2D eigenvalue weighted by atomic mass is 79.9. The number of hydrogen-bond acceptors (Lipinski definition) is 3. The summed E-state index contributed by atoms with van der Waals surface area (Å²) in [5.41, 5.74) is 1.10. The molecule has 0 aromatic heterocycles. The Morgan fingerprint density at radius 1 is 1.07 bits per heavy atom. The van der Waals surface area contributed by atoms with Crippen molar-refractivity contribution in [2.45, 2.75) is 44.1 Å². The predicted molar refractivity (Wildman–Crippen MR) is 116 cm³/mol. The largest absolute Gasteiger partial charge is 0.377 e. The van der Waals surface area contributed by atoms with Gasteiger partial charge in [0.15, 0.2) is 9.84 Å². The maximum Gasteiger partial charge on any atom is 0.274 e. The molecule has 1 atom stereocenters. The van der Waals surface area contributed by atoms with E-state index >= 15 is 0 Å². The fourth-order valence-corrected chi connectivity index (χ4v) is 4.54. The molecule has 1 unspecified atom stereocenters. The summed E-state index contributed by atoms with van der Waals surface area (Å²) in [5, 5.41) is 0. The Labute approximate surface area is 179 Å². The molecule has 0 spiro atoms. The van der Waals surface area contributed by atoms with Crippen LogP contribution in [0.5, 0.6) is 0 Å². The third-order valence-corrected chi connectivity index (χ3v) is 6.82. The van der Waals surface area contributed by atoms with E-state index in [1.54, 1.807) is 36.4 Å². The van der Waals surface area contributed by atoms with E-state index in [1.807, 2.05) is 13.8 Å². The molecular weight excluding hydrogens is 462 g/mol. The number of aryl methyl sites for hydroxylation is 1. The Bertz CT molecular complexity index is 920. The van der Waals surface area contributed by atoms with Crippen LogP contribution in [-0.4, -0.2) is 26.9 Å². The Kier molecular flexibility index (Phi) is 8.99.